The van der Waals surface area contributed by atoms with Gasteiger partial charge >= 0.3 is 7.94 Å². The summed E-state index contributed by atoms with van der Waals surface area (Å²) >= 11 is 0. The van der Waals surface area contributed by atoms with Crippen molar-refractivity contribution in [3.63, 3.8) is 0 Å². The van der Waals surface area contributed by atoms with Gasteiger partial charge in [0.25, 0.3) is 0 Å². The predicted molar refractivity (Wildman–Crippen MR) is 31.8 cm³/mol. The maximum Gasteiger partial charge on any atom is 0.408 e. The number of rotatable bonds is 1. The zero-order valence-electron chi connectivity index (χ0n) is 5.09. The molecule has 1 rings (SSSR count). The summed E-state index contributed by atoms with van der Waals surface area (Å²) in [6.07, 6.45) is 0. The molecule has 4 heteroatoms. The lowest BCUT2D eigenvalue weighted by molar-refractivity contribution is 0.273. The molecule has 1 heterocycles. The van der Waals surface area contributed by atoms with Crippen molar-refractivity contribution in [2.45, 2.75) is 0 Å². The summed E-state index contributed by atoms with van der Waals surface area (Å²) in [5, 5.41) is 0. The van der Waals surface area contributed by atoms with Crippen LogP contribution in [0.5, 0.6) is 0 Å². The Kier molecular flexibility index (Phi) is 1.83. The van der Waals surface area contributed by atoms with E-state index in [-0.39, 0.29) is 0 Å². The fourth-order valence-corrected chi connectivity index (χ4v) is 1.65. The highest BCUT2D eigenvalue weighted by atomic mass is 31.2. The van der Waals surface area contributed by atoms with Crippen LogP contribution >= 0.6 is 7.94 Å². The largest absolute Gasteiger partial charge is 0.408 e. The Morgan fingerprint density at radius 1 is 1.38 bits per heavy atom. The summed E-state index contributed by atoms with van der Waals surface area (Å²) in [5.41, 5.74) is 0. The fourth-order valence-electron chi connectivity index (χ4n) is 0.549. The molecule has 0 aromatic heterocycles. The normalized spacial score (nSPS) is 26.2. The second-order valence-electron chi connectivity index (χ2n) is 1.62. The second kappa shape index (κ2) is 2.28. The van der Waals surface area contributed by atoms with Crippen LogP contribution in [0.3, 0.4) is 0 Å². The predicted octanol–water partition coefficient (Wildman–Crippen LogP) is 1.07. The molecule has 8 heavy (non-hydrogen) atoms. The van der Waals surface area contributed by atoms with E-state index in [1.165, 1.54) is 0 Å². The van der Waals surface area contributed by atoms with Gasteiger partial charge in [-0.1, -0.05) is 0 Å². The average Bonchev–Trinajstić information content (AvgIpc) is 2.17. The molecular formula is C4H10O3P+. The highest BCUT2D eigenvalue weighted by molar-refractivity contribution is 7.60. The molecule has 1 aliphatic rings. The van der Waals surface area contributed by atoms with Gasteiger partial charge in [-0.3, -0.25) is 0 Å². The first-order chi connectivity index (χ1) is 3.77. The minimum Gasteiger partial charge on any atom is -0.182 e. The summed E-state index contributed by atoms with van der Waals surface area (Å²) in [5.74, 6) is 0. The Bertz CT molecular complexity index is 79.4. The van der Waals surface area contributed by atoms with Gasteiger partial charge in [-0.25, -0.2) is 0 Å². The van der Waals surface area contributed by atoms with Crippen LogP contribution in [0.15, 0.2) is 0 Å². The smallest absolute Gasteiger partial charge is 0.182 e. The Hall–Kier alpha value is 0.310. The van der Waals surface area contributed by atoms with Crippen molar-refractivity contribution in [1.29, 1.82) is 0 Å². The van der Waals surface area contributed by atoms with E-state index in [4.69, 9.17) is 13.6 Å². The van der Waals surface area contributed by atoms with Crippen LogP contribution in [0.25, 0.3) is 0 Å². The van der Waals surface area contributed by atoms with Crippen molar-refractivity contribution in [3.05, 3.63) is 0 Å². The first-order valence-electron chi connectivity index (χ1n) is 2.48. The number of hydrogen-bond donors (Lipinski definition) is 0. The minimum atomic E-state index is -1.80. The molecule has 0 radical (unpaired) electrons. The molecule has 0 spiro atoms. The van der Waals surface area contributed by atoms with E-state index in [1.54, 1.807) is 7.11 Å². The summed E-state index contributed by atoms with van der Waals surface area (Å²) in [7, 11) is -0.191. The standard InChI is InChI=1S/C4H10O3P/c1-5-8(2)6-3-4-7-8/h3-4H2,1-2H3/q+1. The SMILES string of the molecule is CO[P+]1(C)OCCO1. The highest BCUT2D eigenvalue weighted by Gasteiger charge is 2.42. The topological polar surface area (TPSA) is 27.7 Å². The molecule has 0 aliphatic carbocycles. The van der Waals surface area contributed by atoms with E-state index in [9.17, 15) is 0 Å². The molecule has 0 saturated carbocycles. The molecule has 0 N–H and O–H groups in total. The minimum absolute atomic E-state index is 0.679. The van der Waals surface area contributed by atoms with Gasteiger partial charge < -0.3 is 0 Å². The Morgan fingerprint density at radius 2 is 1.88 bits per heavy atom. The zero-order valence-corrected chi connectivity index (χ0v) is 5.98. The van der Waals surface area contributed by atoms with E-state index in [2.05, 4.69) is 0 Å². The van der Waals surface area contributed by atoms with Crippen molar-refractivity contribution < 1.29 is 13.6 Å². The molecular weight excluding hydrogens is 127 g/mol. The van der Waals surface area contributed by atoms with Gasteiger partial charge in [0.15, 0.2) is 0 Å². The summed E-state index contributed by atoms with van der Waals surface area (Å²) in [6, 6.07) is 0. The molecule has 1 saturated heterocycles. The monoisotopic (exact) mass is 137 g/mol. The van der Waals surface area contributed by atoms with Gasteiger partial charge in [0, 0.05) is 0 Å². The Morgan fingerprint density at radius 3 is 2.12 bits per heavy atom. The van der Waals surface area contributed by atoms with E-state index in [1.807, 2.05) is 6.66 Å². The lowest BCUT2D eigenvalue weighted by Crippen LogP contribution is -1.90. The first kappa shape index (κ1) is 6.43. The summed E-state index contributed by atoms with van der Waals surface area (Å²) < 4.78 is 15.3. The van der Waals surface area contributed by atoms with Crippen molar-refractivity contribution in [2.75, 3.05) is 27.0 Å². The maximum absolute atomic E-state index is 5.16. The Labute approximate surface area is 49.5 Å². The lowest BCUT2D eigenvalue weighted by atomic mass is 10.8. The molecule has 0 atom stereocenters. The van der Waals surface area contributed by atoms with Crippen LogP contribution in [-0.4, -0.2) is 27.0 Å². The number of hydrogen-bond acceptors (Lipinski definition) is 3. The van der Waals surface area contributed by atoms with Gasteiger partial charge in [-0.15, -0.1) is 0 Å². The third-order valence-corrected chi connectivity index (χ3v) is 3.03. The van der Waals surface area contributed by atoms with Crippen LogP contribution in [0.4, 0.5) is 0 Å². The summed E-state index contributed by atoms with van der Waals surface area (Å²) in [6.45, 7) is 3.22. The Balaban J connectivity index is 2.40. The van der Waals surface area contributed by atoms with Gasteiger partial charge in [0.2, 0.25) is 0 Å². The van der Waals surface area contributed by atoms with Gasteiger partial charge in [0.05, 0.1) is 7.11 Å². The van der Waals surface area contributed by atoms with E-state index in [0.29, 0.717) is 13.2 Å². The third kappa shape index (κ3) is 1.17. The molecule has 1 aliphatic heterocycles. The molecule has 1 fully saturated rings. The second-order valence-corrected chi connectivity index (χ2v) is 4.04. The summed E-state index contributed by atoms with van der Waals surface area (Å²) in [4.78, 5) is 0. The third-order valence-electron chi connectivity index (χ3n) is 1.07. The van der Waals surface area contributed by atoms with Crippen LogP contribution in [-0.2, 0) is 13.6 Å². The van der Waals surface area contributed by atoms with Crippen LogP contribution in [0.2, 0.25) is 0 Å². The van der Waals surface area contributed by atoms with Gasteiger partial charge in [0.1, 0.15) is 19.9 Å². The molecule has 0 aromatic rings. The van der Waals surface area contributed by atoms with Gasteiger partial charge in [-0.05, 0) is 0 Å². The van der Waals surface area contributed by atoms with Crippen molar-refractivity contribution in [2.24, 2.45) is 0 Å². The van der Waals surface area contributed by atoms with Crippen LogP contribution < -0.4 is 0 Å². The van der Waals surface area contributed by atoms with E-state index >= 15 is 0 Å². The highest BCUT2D eigenvalue weighted by Crippen LogP contribution is 2.60. The fraction of sp³-hybridized carbons (Fsp3) is 1.00. The van der Waals surface area contributed by atoms with E-state index in [0.717, 1.165) is 0 Å². The lowest BCUT2D eigenvalue weighted by Gasteiger charge is -2.05. The van der Waals surface area contributed by atoms with Crippen molar-refractivity contribution >= 4 is 7.94 Å². The molecule has 3 nitrogen and oxygen atoms in total. The maximum atomic E-state index is 5.16. The van der Waals surface area contributed by atoms with Crippen molar-refractivity contribution in [3.8, 4) is 0 Å². The average molecular weight is 137 g/mol. The molecule has 0 aromatic carbocycles. The quantitative estimate of drug-likeness (QED) is 0.506. The molecule has 0 unspecified atom stereocenters. The zero-order chi connectivity index (χ0) is 6.04. The van der Waals surface area contributed by atoms with Crippen molar-refractivity contribution in [1.82, 2.24) is 0 Å². The first-order valence-corrected chi connectivity index (χ1v) is 4.47. The molecule has 0 bridgehead atoms. The van der Waals surface area contributed by atoms with Gasteiger partial charge in [-0.2, -0.15) is 13.6 Å². The van der Waals surface area contributed by atoms with E-state index < -0.39 is 7.94 Å². The molecule has 48 valence electrons. The van der Waals surface area contributed by atoms with Crippen LogP contribution in [0, 0.1) is 0 Å². The molecule has 0 amide bonds. The van der Waals surface area contributed by atoms with Crippen LogP contribution in [0.1, 0.15) is 0 Å².